The normalized spacial score (nSPS) is 11.5. The molecule has 0 aliphatic rings. The number of hydrogen-bond acceptors (Lipinski definition) is 2. The fraction of sp³-hybridized carbons (Fsp3) is 0.538. The van der Waals surface area contributed by atoms with Crippen molar-refractivity contribution in [3.05, 3.63) is 29.8 Å². The highest BCUT2D eigenvalue weighted by Gasteiger charge is 2.17. The molecule has 0 heterocycles. The predicted molar refractivity (Wildman–Crippen MR) is 67.6 cm³/mol. The zero-order valence-electron chi connectivity index (χ0n) is 10.5. The van der Waals surface area contributed by atoms with Crippen LogP contribution in [0.4, 0.5) is 5.69 Å². The Kier molecular flexibility index (Phi) is 3.75. The van der Waals surface area contributed by atoms with Gasteiger partial charge in [0.1, 0.15) is 0 Å². The Morgan fingerprint density at radius 2 is 2.00 bits per heavy atom. The van der Waals surface area contributed by atoms with Crippen LogP contribution in [0.5, 0.6) is 0 Å². The molecule has 0 fully saturated rings. The molecule has 84 valence electrons. The smallest absolute Gasteiger partial charge is 0.0366 e. The molecule has 2 nitrogen and oxygen atoms in total. The average molecular weight is 206 g/mol. The Morgan fingerprint density at radius 1 is 1.33 bits per heavy atom. The maximum absolute atomic E-state index is 3.31. The first-order valence-corrected chi connectivity index (χ1v) is 5.41. The van der Waals surface area contributed by atoms with E-state index in [4.69, 9.17) is 0 Å². The Hall–Kier alpha value is -1.02. The lowest BCUT2D eigenvalue weighted by Crippen LogP contribution is -2.46. The van der Waals surface area contributed by atoms with Crippen molar-refractivity contribution in [1.29, 1.82) is 0 Å². The van der Waals surface area contributed by atoms with Crippen molar-refractivity contribution in [2.75, 3.05) is 25.5 Å². The van der Waals surface area contributed by atoms with E-state index < -0.39 is 0 Å². The van der Waals surface area contributed by atoms with Crippen LogP contribution in [-0.4, -0.2) is 26.2 Å². The van der Waals surface area contributed by atoms with E-state index in [0.717, 1.165) is 6.54 Å². The highest BCUT2D eigenvalue weighted by Crippen LogP contribution is 2.16. The van der Waals surface area contributed by atoms with Gasteiger partial charge < -0.3 is 10.2 Å². The highest BCUT2D eigenvalue weighted by molar-refractivity contribution is 5.47. The third-order valence-electron chi connectivity index (χ3n) is 2.75. The third kappa shape index (κ3) is 3.56. The fourth-order valence-electron chi connectivity index (χ4n) is 1.63. The van der Waals surface area contributed by atoms with Gasteiger partial charge in [-0.1, -0.05) is 12.1 Å². The van der Waals surface area contributed by atoms with Crippen LogP contribution in [0.1, 0.15) is 19.4 Å². The molecule has 1 aromatic carbocycles. The maximum Gasteiger partial charge on any atom is 0.0366 e. The van der Waals surface area contributed by atoms with Gasteiger partial charge in [0.05, 0.1) is 0 Å². The van der Waals surface area contributed by atoms with E-state index in [9.17, 15) is 0 Å². The Labute approximate surface area is 93.3 Å². The van der Waals surface area contributed by atoms with Crippen LogP contribution < -0.4 is 10.2 Å². The summed E-state index contributed by atoms with van der Waals surface area (Å²) in [4.78, 5) is 2.28. The van der Waals surface area contributed by atoms with Crippen LogP contribution in [0, 0.1) is 6.92 Å². The molecule has 0 bridgehead atoms. The van der Waals surface area contributed by atoms with Crippen LogP contribution in [-0.2, 0) is 0 Å². The lowest BCUT2D eigenvalue weighted by molar-refractivity contribution is 0.428. The molecule has 0 aliphatic carbocycles. The number of likely N-dealkylation sites (N-methyl/N-ethyl adjacent to an activating group) is 2. The molecule has 15 heavy (non-hydrogen) atoms. The summed E-state index contributed by atoms with van der Waals surface area (Å²) in [7, 11) is 4.14. The third-order valence-corrected chi connectivity index (χ3v) is 2.75. The average Bonchev–Trinajstić information content (AvgIpc) is 2.17. The first-order chi connectivity index (χ1) is 6.94. The van der Waals surface area contributed by atoms with Crippen LogP contribution in [0.3, 0.4) is 0 Å². The molecular weight excluding hydrogens is 184 g/mol. The van der Waals surface area contributed by atoms with E-state index in [1.165, 1.54) is 11.3 Å². The standard InChI is InChI=1S/C13H22N2/c1-11-7-6-8-12(9-11)15(5)10-13(2,3)14-4/h6-9,14H,10H2,1-5H3. The molecule has 0 saturated heterocycles. The second-order valence-electron chi connectivity index (χ2n) is 4.83. The van der Waals surface area contributed by atoms with Crippen molar-refractivity contribution < 1.29 is 0 Å². The van der Waals surface area contributed by atoms with E-state index in [1.54, 1.807) is 0 Å². The summed E-state index contributed by atoms with van der Waals surface area (Å²) >= 11 is 0. The molecule has 0 spiro atoms. The summed E-state index contributed by atoms with van der Waals surface area (Å²) in [5, 5.41) is 3.31. The molecule has 1 rings (SSSR count). The quantitative estimate of drug-likeness (QED) is 0.814. The van der Waals surface area contributed by atoms with E-state index >= 15 is 0 Å². The second-order valence-corrected chi connectivity index (χ2v) is 4.83. The largest absolute Gasteiger partial charge is 0.373 e. The lowest BCUT2D eigenvalue weighted by atomic mass is 10.1. The van der Waals surface area contributed by atoms with Gasteiger partial charge in [-0.25, -0.2) is 0 Å². The van der Waals surface area contributed by atoms with Gasteiger partial charge >= 0.3 is 0 Å². The van der Waals surface area contributed by atoms with Gasteiger partial charge in [-0.15, -0.1) is 0 Å². The van der Waals surface area contributed by atoms with E-state index in [-0.39, 0.29) is 5.54 Å². The van der Waals surface area contributed by atoms with E-state index in [2.05, 4.69) is 62.3 Å². The molecule has 0 atom stereocenters. The SMILES string of the molecule is CNC(C)(C)CN(C)c1cccc(C)c1. The number of hydrogen-bond donors (Lipinski definition) is 1. The van der Waals surface area contributed by atoms with Crippen molar-refractivity contribution >= 4 is 5.69 Å². The minimum atomic E-state index is 0.137. The fourth-order valence-corrected chi connectivity index (χ4v) is 1.63. The minimum Gasteiger partial charge on any atom is -0.373 e. The summed E-state index contributed by atoms with van der Waals surface area (Å²) in [6.45, 7) is 7.53. The summed E-state index contributed by atoms with van der Waals surface area (Å²) in [6.07, 6.45) is 0. The number of benzene rings is 1. The number of aryl methyl sites for hydroxylation is 1. The lowest BCUT2D eigenvalue weighted by Gasteiger charge is -2.31. The second kappa shape index (κ2) is 4.67. The molecule has 0 radical (unpaired) electrons. The monoisotopic (exact) mass is 206 g/mol. The van der Waals surface area contributed by atoms with Gasteiger partial charge in [-0.3, -0.25) is 0 Å². The van der Waals surface area contributed by atoms with E-state index in [0.29, 0.717) is 0 Å². The van der Waals surface area contributed by atoms with Crippen molar-refractivity contribution in [3.8, 4) is 0 Å². The summed E-state index contributed by atoms with van der Waals surface area (Å²) < 4.78 is 0. The van der Waals surface area contributed by atoms with Gasteiger partial charge in [0.2, 0.25) is 0 Å². The van der Waals surface area contributed by atoms with Crippen molar-refractivity contribution in [2.45, 2.75) is 26.3 Å². The Balaban J connectivity index is 2.73. The molecule has 0 saturated carbocycles. The highest BCUT2D eigenvalue weighted by atomic mass is 15.1. The van der Waals surface area contributed by atoms with Crippen LogP contribution in [0.2, 0.25) is 0 Å². The molecule has 1 N–H and O–H groups in total. The summed E-state index contributed by atoms with van der Waals surface area (Å²) in [5.41, 5.74) is 2.72. The van der Waals surface area contributed by atoms with E-state index in [1.807, 2.05) is 7.05 Å². The molecule has 0 aliphatic heterocycles. The zero-order chi connectivity index (χ0) is 11.5. The first-order valence-electron chi connectivity index (χ1n) is 5.41. The molecule has 0 aromatic heterocycles. The molecule has 0 unspecified atom stereocenters. The molecular formula is C13H22N2. The van der Waals surface area contributed by atoms with Crippen LogP contribution >= 0.6 is 0 Å². The van der Waals surface area contributed by atoms with Crippen molar-refractivity contribution in [3.63, 3.8) is 0 Å². The topological polar surface area (TPSA) is 15.3 Å². The predicted octanol–water partition coefficient (Wildman–Crippen LogP) is 2.43. The number of nitrogens with one attached hydrogen (secondary N) is 1. The van der Waals surface area contributed by atoms with Gasteiger partial charge in [-0.2, -0.15) is 0 Å². The van der Waals surface area contributed by atoms with Gasteiger partial charge in [0.15, 0.2) is 0 Å². The van der Waals surface area contributed by atoms with Crippen LogP contribution in [0.15, 0.2) is 24.3 Å². The number of rotatable bonds is 4. The van der Waals surface area contributed by atoms with Gasteiger partial charge in [0.25, 0.3) is 0 Å². The Morgan fingerprint density at radius 3 is 2.53 bits per heavy atom. The molecule has 2 heteroatoms. The van der Waals surface area contributed by atoms with Crippen LogP contribution in [0.25, 0.3) is 0 Å². The summed E-state index contributed by atoms with van der Waals surface area (Å²) in [6, 6.07) is 8.60. The zero-order valence-corrected chi connectivity index (χ0v) is 10.5. The van der Waals surface area contributed by atoms with Gasteiger partial charge in [0, 0.05) is 24.8 Å². The molecule has 0 amide bonds. The molecule has 1 aromatic rings. The number of nitrogens with zero attached hydrogens (tertiary/aromatic N) is 1. The Bertz CT molecular complexity index is 318. The van der Waals surface area contributed by atoms with Gasteiger partial charge in [-0.05, 0) is 45.5 Å². The van der Waals surface area contributed by atoms with Crippen molar-refractivity contribution in [2.24, 2.45) is 0 Å². The maximum atomic E-state index is 3.31. The minimum absolute atomic E-state index is 0.137. The number of anilines is 1. The first kappa shape index (κ1) is 12.1. The van der Waals surface area contributed by atoms with Crippen molar-refractivity contribution in [1.82, 2.24) is 5.32 Å². The summed E-state index contributed by atoms with van der Waals surface area (Å²) in [5.74, 6) is 0.